The quantitative estimate of drug-likeness (QED) is 0.459. The molecule has 0 fully saturated rings. The van der Waals surface area contributed by atoms with E-state index in [0.717, 1.165) is 6.07 Å². The minimum Gasteiger partial charge on any atom is -0.385 e. The highest BCUT2D eigenvalue weighted by molar-refractivity contribution is 5.73. The highest BCUT2D eigenvalue weighted by atomic mass is 19.4. The highest BCUT2D eigenvalue weighted by Crippen LogP contribution is 2.37. The fourth-order valence-corrected chi connectivity index (χ4v) is 1.69. The third kappa shape index (κ3) is 5.28. The average molecular weight is 305 g/mol. The summed E-state index contributed by atoms with van der Waals surface area (Å²) in [6.45, 7) is 0.336. The number of unbranched alkanes of at least 4 members (excludes halogenated alkanes) is 1. The first-order chi connectivity index (χ1) is 9.71. The molecule has 0 saturated heterocycles. The van der Waals surface area contributed by atoms with Crippen LogP contribution in [0.1, 0.15) is 24.8 Å². The normalized spacial score (nSPS) is 11.2. The van der Waals surface area contributed by atoms with Gasteiger partial charge in [0.1, 0.15) is 5.56 Å². The van der Waals surface area contributed by atoms with Crippen LogP contribution >= 0.6 is 0 Å². The number of nitro groups is 1. The van der Waals surface area contributed by atoms with Crippen LogP contribution in [0.15, 0.2) is 18.2 Å². The van der Waals surface area contributed by atoms with Gasteiger partial charge in [-0.3, -0.25) is 14.9 Å². The summed E-state index contributed by atoms with van der Waals surface area (Å²) >= 11 is 0. The zero-order valence-corrected chi connectivity index (χ0v) is 10.9. The molecule has 1 amide bonds. The number of nitro benzene ring substituents is 1. The van der Waals surface area contributed by atoms with Crippen molar-refractivity contribution in [3.05, 3.63) is 33.9 Å². The predicted molar refractivity (Wildman–Crippen MR) is 69.6 cm³/mol. The van der Waals surface area contributed by atoms with Crippen LogP contribution in [0, 0.1) is 10.1 Å². The maximum absolute atomic E-state index is 12.7. The number of hydrogen-bond donors (Lipinski definition) is 2. The zero-order chi connectivity index (χ0) is 16.0. The Hall–Kier alpha value is -2.32. The molecular weight excluding hydrogens is 291 g/mol. The largest absolute Gasteiger partial charge is 0.423 e. The topological polar surface area (TPSA) is 98.3 Å². The molecule has 1 aromatic carbocycles. The summed E-state index contributed by atoms with van der Waals surface area (Å²) in [7, 11) is 0. The number of carbonyl (C=O) groups excluding carboxylic acids is 1. The Morgan fingerprint density at radius 2 is 2.00 bits per heavy atom. The second kappa shape index (κ2) is 6.91. The number of hydrogen-bond acceptors (Lipinski definition) is 4. The van der Waals surface area contributed by atoms with Crippen molar-refractivity contribution in [1.29, 1.82) is 0 Å². The van der Waals surface area contributed by atoms with Crippen molar-refractivity contribution in [3.8, 4) is 0 Å². The van der Waals surface area contributed by atoms with Gasteiger partial charge in [0.05, 0.1) is 4.92 Å². The molecule has 0 radical (unpaired) electrons. The van der Waals surface area contributed by atoms with E-state index in [0.29, 0.717) is 25.5 Å². The van der Waals surface area contributed by atoms with Crippen LogP contribution in [-0.2, 0) is 11.0 Å². The third-order valence-electron chi connectivity index (χ3n) is 2.68. The van der Waals surface area contributed by atoms with Crippen LogP contribution in [0.4, 0.5) is 24.5 Å². The van der Waals surface area contributed by atoms with Crippen LogP contribution in [0.5, 0.6) is 0 Å². The molecule has 1 aromatic rings. The first kappa shape index (κ1) is 16.7. The monoisotopic (exact) mass is 305 g/mol. The molecule has 21 heavy (non-hydrogen) atoms. The first-order valence-electron chi connectivity index (χ1n) is 6.09. The molecule has 0 atom stereocenters. The van der Waals surface area contributed by atoms with Crippen LogP contribution in [-0.4, -0.2) is 17.4 Å². The zero-order valence-electron chi connectivity index (χ0n) is 10.9. The maximum Gasteiger partial charge on any atom is 0.423 e. The van der Waals surface area contributed by atoms with Gasteiger partial charge in [0, 0.05) is 24.7 Å². The summed E-state index contributed by atoms with van der Waals surface area (Å²) in [5, 5.41) is 13.3. The smallest absolute Gasteiger partial charge is 0.385 e. The van der Waals surface area contributed by atoms with Crippen LogP contribution < -0.4 is 11.1 Å². The number of nitrogens with two attached hydrogens (primary N) is 1. The van der Waals surface area contributed by atoms with Gasteiger partial charge in [-0.05, 0) is 25.0 Å². The first-order valence-corrected chi connectivity index (χ1v) is 6.09. The molecule has 0 saturated carbocycles. The van der Waals surface area contributed by atoms with Gasteiger partial charge < -0.3 is 11.1 Å². The Balaban J connectivity index is 2.73. The van der Waals surface area contributed by atoms with Crippen molar-refractivity contribution in [1.82, 2.24) is 0 Å². The summed E-state index contributed by atoms with van der Waals surface area (Å²) in [6, 6.07) is 2.72. The van der Waals surface area contributed by atoms with Crippen molar-refractivity contribution < 1.29 is 22.9 Å². The second-order valence-corrected chi connectivity index (χ2v) is 4.34. The maximum atomic E-state index is 12.7. The second-order valence-electron chi connectivity index (χ2n) is 4.34. The Bertz CT molecular complexity index is 532. The van der Waals surface area contributed by atoms with E-state index in [1.54, 1.807) is 0 Å². The Morgan fingerprint density at radius 1 is 1.33 bits per heavy atom. The number of alkyl halides is 3. The number of nitrogens with zero attached hydrogens (tertiary/aromatic N) is 1. The summed E-state index contributed by atoms with van der Waals surface area (Å²) < 4.78 is 38.2. The molecule has 6 nitrogen and oxygen atoms in total. The molecule has 0 bridgehead atoms. The molecule has 0 aliphatic heterocycles. The lowest BCUT2D eigenvalue weighted by atomic mass is 10.1. The van der Waals surface area contributed by atoms with Gasteiger partial charge >= 0.3 is 6.18 Å². The molecule has 0 spiro atoms. The van der Waals surface area contributed by atoms with E-state index in [9.17, 15) is 28.1 Å². The summed E-state index contributed by atoms with van der Waals surface area (Å²) in [5.41, 5.74) is 2.80. The van der Waals surface area contributed by atoms with Gasteiger partial charge in [-0.1, -0.05) is 0 Å². The van der Waals surface area contributed by atoms with E-state index >= 15 is 0 Å². The fraction of sp³-hybridized carbons (Fsp3) is 0.417. The summed E-state index contributed by atoms with van der Waals surface area (Å²) in [5.74, 6) is -0.440. The molecule has 0 unspecified atom stereocenters. The molecule has 0 aromatic heterocycles. The summed E-state index contributed by atoms with van der Waals surface area (Å²) in [4.78, 5) is 20.0. The molecule has 0 aliphatic carbocycles. The lowest BCUT2D eigenvalue weighted by molar-refractivity contribution is -0.388. The molecule has 0 aliphatic rings. The standard InChI is InChI=1S/C12H14F3N3O3/c13-12(14,15)9-7-8(4-5-10(9)18(20)21)17-6-2-1-3-11(16)19/h4-5,7,17H,1-3,6H2,(H2,16,19). The van der Waals surface area contributed by atoms with E-state index < -0.39 is 28.3 Å². The van der Waals surface area contributed by atoms with Crippen molar-refractivity contribution in [3.63, 3.8) is 0 Å². The van der Waals surface area contributed by atoms with Crippen molar-refractivity contribution in [2.75, 3.05) is 11.9 Å². The van der Waals surface area contributed by atoms with Gasteiger partial charge in [-0.2, -0.15) is 13.2 Å². The molecule has 116 valence electrons. The fourth-order valence-electron chi connectivity index (χ4n) is 1.69. The number of carbonyl (C=O) groups is 1. The van der Waals surface area contributed by atoms with Crippen LogP contribution in [0.3, 0.4) is 0 Å². The Morgan fingerprint density at radius 3 is 2.52 bits per heavy atom. The van der Waals surface area contributed by atoms with Crippen LogP contribution in [0.25, 0.3) is 0 Å². The number of amides is 1. The van der Waals surface area contributed by atoms with Gasteiger partial charge in [-0.25, -0.2) is 0 Å². The number of benzene rings is 1. The third-order valence-corrected chi connectivity index (χ3v) is 2.68. The Kier molecular flexibility index (Phi) is 5.51. The minimum atomic E-state index is -4.80. The lowest BCUT2D eigenvalue weighted by Crippen LogP contribution is -2.12. The van der Waals surface area contributed by atoms with Gasteiger partial charge in [0.2, 0.25) is 5.91 Å². The van der Waals surface area contributed by atoms with E-state index in [1.807, 2.05) is 0 Å². The number of primary amides is 1. The lowest BCUT2D eigenvalue weighted by Gasteiger charge is -2.11. The molecule has 1 rings (SSSR count). The molecule has 0 heterocycles. The average Bonchev–Trinajstić information content (AvgIpc) is 2.36. The van der Waals surface area contributed by atoms with E-state index in [4.69, 9.17) is 5.73 Å². The number of rotatable bonds is 7. The number of nitrogens with one attached hydrogen (secondary N) is 1. The van der Waals surface area contributed by atoms with Crippen LogP contribution in [0.2, 0.25) is 0 Å². The Labute approximate surface area is 118 Å². The molecular formula is C12H14F3N3O3. The molecule has 9 heteroatoms. The highest BCUT2D eigenvalue weighted by Gasteiger charge is 2.38. The molecule has 3 N–H and O–H groups in total. The van der Waals surface area contributed by atoms with Gasteiger partial charge in [0.25, 0.3) is 5.69 Å². The van der Waals surface area contributed by atoms with E-state index in [2.05, 4.69) is 5.32 Å². The number of anilines is 1. The van der Waals surface area contributed by atoms with Crippen molar-refractivity contribution >= 4 is 17.3 Å². The minimum absolute atomic E-state index is 0.131. The number of halogens is 3. The van der Waals surface area contributed by atoms with Gasteiger partial charge in [0.15, 0.2) is 0 Å². The van der Waals surface area contributed by atoms with Crippen molar-refractivity contribution in [2.24, 2.45) is 5.73 Å². The van der Waals surface area contributed by atoms with E-state index in [1.165, 1.54) is 6.07 Å². The van der Waals surface area contributed by atoms with Crippen molar-refractivity contribution in [2.45, 2.75) is 25.4 Å². The SMILES string of the molecule is NC(=O)CCCCNc1ccc([N+](=O)[O-])c(C(F)(F)F)c1. The van der Waals surface area contributed by atoms with E-state index in [-0.39, 0.29) is 12.1 Å². The summed E-state index contributed by atoms with van der Waals surface area (Å²) in [6.07, 6.45) is -3.54. The predicted octanol–water partition coefficient (Wildman–Crippen LogP) is 2.68. The van der Waals surface area contributed by atoms with Gasteiger partial charge in [-0.15, -0.1) is 0 Å².